The van der Waals surface area contributed by atoms with Gasteiger partial charge in [-0.25, -0.2) is 9.59 Å². The Morgan fingerprint density at radius 1 is 1.27 bits per heavy atom. The molecule has 2 N–H and O–H groups in total. The van der Waals surface area contributed by atoms with Crippen LogP contribution in [0.25, 0.3) is 0 Å². The van der Waals surface area contributed by atoms with Crippen LogP contribution in [-0.4, -0.2) is 31.1 Å². The molecule has 7 nitrogen and oxygen atoms in total. The van der Waals surface area contributed by atoms with Gasteiger partial charge in [-0.15, -0.1) is 0 Å². The van der Waals surface area contributed by atoms with Crippen LogP contribution in [0.4, 0.5) is 4.79 Å². The third-order valence-corrected chi connectivity index (χ3v) is 2.82. The maximum Gasteiger partial charge on any atom is 0.344 e. The van der Waals surface area contributed by atoms with Gasteiger partial charge in [0.15, 0.2) is 6.61 Å². The van der Waals surface area contributed by atoms with Crippen molar-refractivity contribution in [2.45, 2.75) is 13.3 Å². The molecule has 1 saturated heterocycles. The lowest BCUT2D eigenvalue weighted by atomic mass is 10.1. The van der Waals surface area contributed by atoms with Crippen LogP contribution in [0.5, 0.6) is 5.75 Å². The van der Waals surface area contributed by atoms with Crippen LogP contribution in [0.15, 0.2) is 36.0 Å². The van der Waals surface area contributed by atoms with Gasteiger partial charge in [0.2, 0.25) is 0 Å². The van der Waals surface area contributed by atoms with E-state index in [2.05, 4.69) is 10.6 Å². The summed E-state index contributed by atoms with van der Waals surface area (Å²) in [6.45, 7) is 1.88. The maximum atomic E-state index is 11.4. The lowest BCUT2D eigenvalue weighted by molar-refractivity contribution is -0.145. The second-order valence-electron chi connectivity index (χ2n) is 4.47. The van der Waals surface area contributed by atoms with Crippen LogP contribution in [0.2, 0.25) is 0 Å². The molecule has 0 radical (unpaired) electrons. The van der Waals surface area contributed by atoms with Crippen molar-refractivity contribution < 1.29 is 23.9 Å². The SMILES string of the molecule is CCOC(=O)COc1cccc(C/C=C2\NC(=O)NC2=O)c1. The fourth-order valence-electron chi connectivity index (χ4n) is 1.85. The monoisotopic (exact) mass is 304 g/mol. The highest BCUT2D eigenvalue weighted by Gasteiger charge is 2.22. The Morgan fingerprint density at radius 3 is 2.77 bits per heavy atom. The molecule has 1 aromatic carbocycles. The van der Waals surface area contributed by atoms with E-state index < -0.39 is 17.9 Å². The molecule has 2 rings (SSSR count). The van der Waals surface area contributed by atoms with Gasteiger partial charge in [0.25, 0.3) is 5.91 Å². The van der Waals surface area contributed by atoms with Crippen molar-refractivity contribution in [1.29, 1.82) is 0 Å². The van der Waals surface area contributed by atoms with Crippen molar-refractivity contribution in [2.24, 2.45) is 0 Å². The maximum absolute atomic E-state index is 11.4. The number of hydrogen-bond donors (Lipinski definition) is 2. The summed E-state index contributed by atoms with van der Waals surface area (Å²) < 4.78 is 10.1. The Bertz CT molecular complexity index is 624. The molecule has 0 aliphatic carbocycles. The lowest BCUT2D eigenvalue weighted by Crippen LogP contribution is -2.22. The van der Waals surface area contributed by atoms with E-state index in [-0.39, 0.29) is 12.3 Å². The van der Waals surface area contributed by atoms with E-state index in [9.17, 15) is 14.4 Å². The summed E-state index contributed by atoms with van der Waals surface area (Å²) in [5.74, 6) is -0.344. The molecule has 1 aromatic rings. The van der Waals surface area contributed by atoms with Gasteiger partial charge in [0, 0.05) is 0 Å². The summed E-state index contributed by atoms with van der Waals surface area (Å²) >= 11 is 0. The third kappa shape index (κ3) is 4.34. The van der Waals surface area contributed by atoms with E-state index in [1.807, 2.05) is 6.07 Å². The van der Waals surface area contributed by atoms with Gasteiger partial charge in [-0.1, -0.05) is 18.2 Å². The van der Waals surface area contributed by atoms with Crippen molar-refractivity contribution in [3.8, 4) is 5.75 Å². The van der Waals surface area contributed by atoms with E-state index in [4.69, 9.17) is 9.47 Å². The molecular weight excluding hydrogens is 288 g/mol. The third-order valence-electron chi connectivity index (χ3n) is 2.82. The number of hydrogen-bond acceptors (Lipinski definition) is 5. The first kappa shape index (κ1) is 15.6. The summed E-state index contributed by atoms with van der Waals surface area (Å²) in [5.41, 5.74) is 1.10. The van der Waals surface area contributed by atoms with Crippen molar-refractivity contribution in [1.82, 2.24) is 10.6 Å². The minimum Gasteiger partial charge on any atom is -0.482 e. The fraction of sp³-hybridized carbons (Fsp3) is 0.267. The van der Waals surface area contributed by atoms with Crippen molar-refractivity contribution in [3.63, 3.8) is 0 Å². The van der Waals surface area contributed by atoms with E-state index in [1.54, 1.807) is 31.2 Å². The second-order valence-corrected chi connectivity index (χ2v) is 4.47. The molecule has 0 saturated carbocycles. The normalized spacial score (nSPS) is 15.4. The molecule has 1 aliphatic heterocycles. The Kier molecular flexibility index (Phi) is 5.13. The first-order valence-electron chi connectivity index (χ1n) is 6.78. The smallest absolute Gasteiger partial charge is 0.344 e. The van der Waals surface area contributed by atoms with E-state index in [1.165, 1.54) is 0 Å². The standard InChI is InChI=1S/C15H16N2O5/c1-2-21-13(18)9-22-11-5-3-4-10(8-11)6-7-12-14(19)17-15(20)16-12/h3-5,7-8H,2,6,9H2,1H3,(H2,16,17,19,20)/b12-7-. The number of carbonyl (C=O) groups excluding carboxylic acids is 3. The average molecular weight is 304 g/mol. The van der Waals surface area contributed by atoms with Gasteiger partial charge in [-0.05, 0) is 31.0 Å². The van der Waals surface area contributed by atoms with Crippen molar-refractivity contribution in [2.75, 3.05) is 13.2 Å². The number of nitrogens with one attached hydrogen (secondary N) is 2. The molecular formula is C15H16N2O5. The summed E-state index contributed by atoms with van der Waals surface area (Å²) in [7, 11) is 0. The van der Waals surface area contributed by atoms with Crippen LogP contribution >= 0.6 is 0 Å². The molecule has 0 spiro atoms. The topological polar surface area (TPSA) is 93.7 Å². The van der Waals surface area contributed by atoms with Crippen LogP contribution in [0.1, 0.15) is 12.5 Å². The molecule has 116 valence electrons. The highest BCUT2D eigenvalue weighted by molar-refractivity contribution is 6.11. The van der Waals surface area contributed by atoms with Crippen molar-refractivity contribution in [3.05, 3.63) is 41.6 Å². The molecule has 3 amide bonds. The number of benzene rings is 1. The second kappa shape index (κ2) is 7.26. The molecule has 0 unspecified atom stereocenters. The van der Waals surface area contributed by atoms with E-state index >= 15 is 0 Å². The van der Waals surface area contributed by atoms with Crippen molar-refractivity contribution >= 4 is 17.9 Å². The zero-order chi connectivity index (χ0) is 15.9. The summed E-state index contributed by atoms with van der Waals surface area (Å²) in [4.78, 5) is 33.6. The first-order chi connectivity index (χ1) is 10.6. The van der Waals surface area contributed by atoms with Gasteiger partial charge in [-0.3, -0.25) is 10.1 Å². The quantitative estimate of drug-likeness (QED) is 0.462. The highest BCUT2D eigenvalue weighted by atomic mass is 16.6. The average Bonchev–Trinajstić information content (AvgIpc) is 2.82. The number of imide groups is 1. The molecule has 1 heterocycles. The Balaban J connectivity index is 1.94. The molecule has 1 aliphatic rings. The van der Waals surface area contributed by atoms with E-state index in [0.717, 1.165) is 5.56 Å². The number of rotatable bonds is 6. The molecule has 0 atom stereocenters. The van der Waals surface area contributed by atoms with Gasteiger partial charge < -0.3 is 14.8 Å². The van der Waals surface area contributed by atoms with E-state index in [0.29, 0.717) is 18.8 Å². The van der Waals surface area contributed by atoms with Crippen LogP contribution in [0, 0.1) is 0 Å². The number of allylic oxidation sites excluding steroid dienone is 1. The molecule has 1 fully saturated rings. The molecule has 22 heavy (non-hydrogen) atoms. The summed E-state index contributed by atoms with van der Waals surface area (Å²) in [6.07, 6.45) is 2.06. The predicted molar refractivity (Wildman–Crippen MR) is 77.0 cm³/mol. The fourth-order valence-corrected chi connectivity index (χ4v) is 1.85. The first-order valence-corrected chi connectivity index (χ1v) is 6.78. The van der Waals surface area contributed by atoms with Gasteiger partial charge in [0.1, 0.15) is 11.4 Å². The molecule has 7 heteroatoms. The number of amides is 3. The summed E-state index contributed by atoms with van der Waals surface area (Å²) in [5, 5.41) is 4.54. The Morgan fingerprint density at radius 2 is 2.09 bits per heavy atom. The van der Waals surface area contributed by atoms with Gasteiger partial charge >= 0.3 is 12.0 Å². The van der Waals surface area contributed by atoms with Crippen LogP contribution in [-0.2, 0) is 20.7 Å². The number of esters is 1. The summed E-state index contributed by atoms with van der Waals surface area (Å²) in [6, 6.07) is 6.58. The van der Waals surface area contributed by atoms with Gasteiger partial charge in [0.05, 0.1) is 6.61 Å². The highest BCUT2D eigenvalue weighted by Crippen LogP contribution is 2.15. The molecule has 0 aromatic heterocycles. The Hall–Kier alpha value is -2.83. The van der Waals surface area contributed by atoms with Gasteiger partial charge in [-0.2, -0.15) is 0 Å². The number of ether oxygens (including phenoxy) is 2. The zero-order valence-corrected chi connectivity index (χ0v) is 12.0. The number of urea groups is 1. The Labute approximate surface area is 127 Å². The largest absolute Gasteiger partial charge is 0.482 e. The zero-order valence-electron chi connectivity index (χ0n) is 12.0. The van der Waals surface area contributed by atoms with Crippen LogP contribution < -0.4 is 15.4 Å². The predicted octanol–water partition coefficient (Wildman–Crippen LogP) is 0.894. The minimum absolute atomic E-state index is 0.156. The number of carbonyl (C=O) groups is 3. The lowest BCUT2D eigenvalue weighted by Gasteiger charge is -2.07. The van der Waals surface area contributed by atoms with Crippen LogP contribution in [0.3, 0.4) is 0 Å². The molecule has 0 bridgehead atoms. The minimum atomic E-state index is -0.525.